The van der Waals surface area contributed by atoms with E-state index >= 15 is 0 Å². The molecule has 1 aromatic heterocycles. The molecule has 10 heteroatoms. The third-order valence-electron chi connectivity index (χ3n) is 5.69. The van der Waals surface area contributed by atoms with Gasteiger partial charge in [0.05, 0.1) is 6.61 Å². The van der Waals surface area contributed by atoms with Gasteiger partial charge in [-0.1, -0.05) is 0 Å². The molecular formula is C21H29FN6O3. The van der Waals surface area contributed by atoms with Gasteiger partial charge in [0.2, 0.25) is 5.95 Å². The molecular weight excluding hydrogens is 403 g/mol. The van der Waals surface area contributed by atoms with E-state index in [0.29, 0.717) is 25.4 Å². The van der Waals surface area contributed by atoms with E-state index in [2.05, 4.69) is 30.3 Å². The molecule has 1 aromatic carbocycles. The number of nitrogens with zero attached hydrogens (tertiary/aromatic N) is 4. The Hall–Kier alpha value is -2.72. The van der Waals surface area contributed by atoms with E-state index in [1.807, 2.05) is 0 Å². The molecule has 2 aromatic rings. The van der Waals surface area contributed by atoms with Gasteiger partial charge in [0.15, 0.2) is 0 Å². The number of aromatic nitrogens is 3. The van der Waals surface area contributed by atoms with Crippen molar-refractivity contribution in [1.82, 2.24) is 20.1 Å². The van der Waals surface area contributed by atoms with E-state index in [1.54, 1.807) is 7.11 Å². The molecule has 4 rings (SSSR count). The fraction of sp³-hybridized carbons (Fsp3) is 0.571. The van der Waals surface area contributed by atoms with Gasteiger partial charge in [-0.05, 0) is 43.5 Å². The van der Waals surface area contributed by atoms with E-state index in [9.17, 15) is 9.18 Å². The van der Waals surface area contributed by atoms with Crippen molar-refractivity contribution in [3.63, 3.8) is 0 Å². The molecule has 2 aliphatic heterocycles. The predicted molar refractivity (Wildman–Crippen MR) is 114 cm³/mol. The number of carbonyl (C=O) groups excluding carboxylic acids is 1. The van der Waals surface area contributed by atoms with Gasteiger partial charge in [0, 0.05) is 57.6 Å². The molecule has 2 aliphatic rings. The Bertz CT molecular complexity index is 869. The molecule has 168 valence electrons. The molecule has 2 amide bonds. The molecule has 2 atom stereocenters. The van der Waals surface area contributed by atoms with Crippen molar-refractivity contribution in [2.75, 3.05) is 50.2 Å². The summed E-state index contributed by atoms with van der Waals surface area (Å²) in [6.07, 6.45) is 2.64. The summed E-state index contributed by atoms with van der Waals surface area (Å²) in [6, 6.07) is 5.39. The summed E-state index contributed by atoms with van der Waals surface area (Å²) >= 11 is 0. The third kappa shape index (κ3) is 5.31. The van der Waals surface area contributed by atoms with Crippen molar-refractivity contribution in [3.8, 4) is 0 Å². The minimum absolute atomic E-state index is 0.0113. The number of hydrogen-bond acceptors (Lipinski definition) is 6. The van der Waals surface area contributed by atoms with E-state index in [1.165, 1.54) is 24.3 Å². The maximum absolute atomic E-state index is 13.0. The fourth-order valence-corrected chi connectivity index (χ4v) is 4.11. The molecule has 2 saturated heterocycles. The smallest absolute Gasteiger partial charge is 0.319 e. The summed E-state index contributed by atoms with van der Waals surface area (Å²) < 4.78 is 26.0. The van der Waals surface area contributed by atoms with Gasteiger partial charge in [-0.2, -0.15) is 0 Å². The Morgan fingerprint density at radius 1 is 1.29 bits per heavy atom. The summed E-state index contributed by atoms with van der Waals surface area (Å²) in [5, 5.41) is 14.7. The minimum atomic E-state index is -0.337. The van der Waals surface area contributed by atoms with Gasteiger partial charge >= 0.3 is 6.03 Å². The molecule has 9 nitrogen and oxygen atoms in total. The van der Waals surface area contributed by atoms with Crippen LogP contribution in [0.1, 0.15) is 31.0 Å². The third-order valence-corrected chi connectivity index (χ3v) is 5.69. The predicted octanol–water partition coefficient (Wildman–Crippen LogP) is 2.36. The van der Waals surface area contributed by atoms with Crippen LogP contribution in [0.4, 0.5) is 20.8 Å². The van der Waals surface area contributed by atoms with Crippen molar-refractivity contribution in [2.45, 2.75) is 37.8 Å². The van der Waals surface area contributed by atoms with Crippen LogP contribution in [0.25, 0.3) is 0 Å². The number of amides is 2. The Morgan fingerprint density at radius 2 is 2.13 bits per heavy atom. The van der Waals surface area contributed by atoms with Crippen LogP contribution in [0.3, 0.4) is 0 Å². The molecule has 0 aliphatic carbocycles. The summed E-state index contributed by atoms with van der Waals surface area (Å²) in [5.41, 5.74) is 0.551. The maximum Gasteiger partial charge on any atom is 0.319 e. The first-order valence-corrected chi connectivity index (χ1v) is 10.7. The second kappa shape index (κ2) is 10.1. The molecule has 2 fully saturated rings. The van der Waals surface area contributed by atoms with Gasteiger partial charge < -0.3 is 25.0 Å². The number of hydrogen-bond donors (Lipinski definition) is 2. The Kier molecular flexibility index (Phi) is 6.98. The average molecular weight is 433 g/mol. The first-order chi connectivity index (χ1) is 15.1. The van der Waals surface area contributed by atoms with Crippen LogP contribution in [0.2, 0.25) is 0 Å². The van der Waals surface area contributed by atoms with Crippen molar-refractivity contribution in [3.05, 3.63) is 35.9 Å². The summed E-state index contributed by atoms with van der Waals surface area (Å²) in [7, 11) is 1.70. The highest BCUT2D eigenvalue weighted by Gasteiger charge is 2.31. The van der Waals surface area contributed by atoms with Gasteiger partial charge in [-0.25, -0.2) is 9.18 Å². The highest BCUT2D eigenvalue weighted by molar-refractivity contribution is 5.89. The van der Waals surface area contributed by atoms with Crippen molar-refractivity contribution in [1.29, 1.82) is 0 Å². The summed E-state index contributed by atoms with van der Waals surface area (Å²) in [4.78, 5) is 14.5. The number of urea groups is 1. The molecule has 0 radical (unpaired) electrons. The minimum Gasteiger partial charge on any atom is -0.385 e. The molecule has 3 heterocycles. The Morgan fingerprint density at radius 3 is 2.87 bits per heavy atom. The normalized spacial score (nSPS) is 20.9. The zero-order valence-corrected chi connectivity index (χ0v) is 17.7. The van der Waals surface area contributed by atoms with Gasteiger partial charge in [0.1, 0.15) is 11.6 Å². The highest BCUT2D eigenvalue weighted by Crippen LogP contribution is 2.28. The Balaban J connectivity index is 1.38. The van der Waals surface area contributed by atoms with Crippen LogP contribution < -0.4 is 15.5 Å². The van der Waals surface area contributed by atoms with E-state index in [4.69, 9.17) is 9.47 Å². The first kappa shape index (κ1) is 21.5. The van der Waals surface area contributed by atoms with Gasteiger partial charge in [-0.3, -0.25) is 4.57 Å². The summed E-state index contributed by atoms with van der Waals surface area (Å²) in [6.45, 7) is 4.32. The van der Waals surface area contributed by atoms with Crippen LogP contribution in [0.5, 0.6) is 0 Å². The van der Waals surface area contributed by atoms with Crippen molar-refractivity contribution in [2.24, 2.45) is 0 Å². The fourth-order valence-electron chi connectivity index (χ4n) is 4.11. The SMILES string of the molecule is COCCCn1c(C2CCOC2)nnc1N1CCC(NC(=O)Nc2ccc(F)cc2)C1. The number of anilines is 2. The lowest BCUT2D eigenvalue weighted by Gasteiger charge is -2.20. The van der Waals surface area contributed by atoms with Gasteiger partial charge in [-0.15, -0.1) is 10.2 Å². The van der Waals surface area contributed by atoms with E-state index in [-0.39, 0.29) is 23.8 Å². The van der Waals surface area contributed by atoms with Crippen LogP contribution >= 0.6 is 0 Å². The summed E-state index contributed by atoms with van der Waals surface area (Å²) in [5.74, 6) is 1.73. The largest absolute Gasteiger partial charge is 0.385 e. The van der Waals surface area contributed by atoms with Crippen LogP contribution in [0, 0.1) is 5.82 Å². The standard InChI is InChI=1S/C21H29FN6O3/c1-30-11-2-9-28-19(15-8-12-31-14-15)25-26-21(28)27-10-7-18(13-27)24-20(29)23-17-5-3-16(22)4-6-17/h3-6,15,18H,2,7-14H2,1H3,(H2,23,24,29). The van der Waals surface area contributed by atoms with Crippen molar-refractivity contribution >= 4 is 17.7 Å². The van der Waals surface area contributed by atoms with Crippen LogP contribution in [0.15, 0.2) is 24.3 Å². The average Bonchev–Trinajstić information content (AvgIpc) is 3.50. The van der Waals surface area contributed by atoms with Crippen molar-refractivity contribution < 1.29 is 18.7 Å². The second-order valence-corrected chi connectivity index (χ2v) is 7.95. The first-order valence-electron chi connectivity index (χ1n) is 10.7. The monoisotopic (exact) mass is 432 g/mol. The molecule has 0 bridgehead atoms. The number of halogens is 1. The number of carbonyl (C=O) groups is 1. The van der Waals surface area contributed by atoms with E-state index in [0.717, 1.165) is 50.7 Å². The zero-order valence-electron chi connectivity index (χ0n) is 17.7. The highest BCUT2D eigenvalue weighted by atomic mass is 19.1. The number of benzene rings is 1. The quantitative estimate of drug-likeness (QED) is 0.622. The molecule has 0 saturated carbocycles. The number of rotatable bonds is 8. The lowest BCUT2D eigenvalue weighted by Crippen LogP contribution is -2.40. The molecule has 0 spiro atoms. The number of ether oxygens (including phenoxy) is 2. The lowest BCUT2D eigenvalue weighted by atomic mass is 10.1. The lowest BCUT2D eigenvalue weighted by molar-refractivity contribution is 0.187. The van der Waals surface area contributed by atoms with E-state index < -0.39 is 0 Å². The molecule has 2 unspecified atom stereocenters. The number of nitrogens with one attached hydrogen (secondary N) is 2. The second-order valence-electron chi connectivity index (χ2n) is 7.95. The topological polar surface area (TPSA) is 93.5 Å². The number of methoxy groups -OCH3 is 1. The Labute approximate surface area is 180 Å². The molecule has 2 N–H and O–H groups in total. The van der Waals surface area contributed by atoms with Crippen LogP contribution in [-0.2, 0) is 16.0 Å². The molecule has 31 heavy (non-hydrogen) atoms. The van der Waals surface area contributed by atoms with Crippen LogP contribution in [-0.4, -0.2) is 66.9 Å². The van der Waals surface area contributed by atoms with Gasteiger partial charge in [0.25, 0.3) is 0 Å². The zero-order chi connectivity index (χ0) is 21.6. The maximum atomic E-state index is 13.0.